The number of ether oxygens (including phenoxy) is 3. The van der Waals surface area contributed by atoms with Crippen molar-refractivity contribution < 1.29 is 34.0 Å². The van der Waals surface area contributed by atoms with Gasteiger partial charge in [-0.25, -0.2) is 0 Å². The van der Waals surface area contributed by atoms with E-state index in [4.69, 9.17) is 19.9 Å². The van der Waals surface area contributed by atoms with Gasteiger partial charge >= 0.3 is 5.97 Å². The summed E-state index contributed by atoms with van der Waals surface area (Å²) in [6.07, 6.45) is 1.47. The fourth-order valence-corrected chi connectivity index (χ4v) is 4.38. The highest BCUT2D eigenvalue weighted by molar-refractivity contribution is 5.80. The minimum absolute atomic E-state index is 0.0158. The zero-order valence-corrected chi connectivity index (χ0v) is 25.2. The summed E-state index contributed by atoms with van der Waals surface area (Å²) in [5.74, 6) is 0.124. The number of methoxy groups -OCH3 is 2. The minimum Gasteiger partial charge on any atom is -0.493 e. The highest BCUT2D eigenvalue weighted by atomic mass is 16.5. The van der Waals surface area contributed by atoms with Crippen molar-refractivity contribution in [2.45, 2.75) is 79.4 Å². The van der Waals surface area contributed by atoms with Crippen molar-refractivity contribution in [3.05, 3.63) is 23.8 Å². The molecule has 1 aromatic rings. The van der Waals surface area contributed by atoms with Crippen LogP contribution in [0.1, 0.15) is 66.4 Å². The molecule has 224 valence electrons. The number of nitrogens with two attached hydrogens (primary N) is 1. The molecule has 0 aliphatic rings. The Morgan fingerprint density at radius 1 is 1.03 bits per heavy atom. The summed E-state index contributed by atoms with van der Waals surface area (Å²) in [5.41, 5.74) is 6.51. The Morgan fingerprint density at radius 2 is 1.69 bits per heavy atom. The van der Waals surface area contributed by atoms with Crippen molar-refractivity contribution in [2.24, 2.45) is 34.8 Å². The van der Waals surface area contributed by atoms with Crippen LogP contribution in [0.2, 0.25) is 0 Å². The fourth-order valence-electron chi connectivity index (χ4n) is 4.38. The Hall–Kier alpha value is -2.36. The summed E-state index contributed by atoms with van der Waals surface area (Å²) in [6, 6.07) is 5.42. The monoisotopic (exact) mass is 552 g/mol. The molecule has 4 atom stereocenters. The maximum absolute atomic E-state index is 12.9. The third-order valence-electron chi connectivity index (χ3n) is 7.41. The summed E-state index contributed by atoms with van der Waals surface area (Å²) in [4.78, 5) is 24.3. The zero-order valence-electron chi connectivity index (χ0n) is 25.2. The van der Waals surface area contributed by atoms with Crippen molar-refractivity contribution in [3.63, 3.8) is 0 Å². The first-order chi connectivity index (χ1) is 18.2. The van der Waals surface area contributed by atoms with Gasteiger partial charge in [-0.2, -0.15) is 0 Å². The van der Waals surface area contributed by atoms with Crippen LogP contribution in [0.5, 0.6) is 11.5 Å². The molecule has 0 saturated heterocycles. The first-order valence-electron chi connectivity index (χ1n) is 14.0. The predicted molar refractivity (Wildman–Crippen MR) is 153 cm³/mol. The van der Waals surface area contributed by atoms with Crippen LogP contribution in [0, 0.1) is 29.1 Å². The number of amides is 1. The van der Waals surface area contributed by atoms with Gasteiger partial charge in [0.25, 0.3) is 0 Å². The van der Waals surface area contributed by atoms with Crippen LogP contribution in [0.4, 0.5) is 0 Å². The average Bonchev–Trinajstić information content (AvgIpc) is 2.87. The van der Waals surface area contributed by atoms with Gasteiger partial charge in [0.05, 0.1) is 25.2 Å². The number of carbonyl (C=O) groups is 2. The largest absolute Gasteiger partial charge is 0.493 e. The maximum Gasteiger partial charge on any atom is 0.310 e. The fraction of sp³-hybridized carbons (Fsp3) is 0.733. The summed E-state index contributed by atoms with van der Waals surface area (Å²) < 4.78 is 16.5. The number of hydrogen-bond donors (Lipinski definition) is 4. The molecular weight excluding hydrogens is 500 g/mol. The molecule has 39 heavy (non-hydrogen) atoms. The van der Waals surface area contributed by atoms with Gasteiger partial charge < -0.3 is 35.5 Å². The molecule has 0 aliphatic heterocycles. The molecule has 0 fully saturated rings. The number of hydrogen-bond acceptors (Lipinski definition) is 7. The zero-order chi connectivity index (χ0) is 29.8. The highest BCUT2D eigenvalue weighted by Gasteiger charge is 2.32. The van der Waals surface area contributed by atoms with E-state index in [0.29, 0.717) is 37.1 Å². The molecule has 0 aliphatic carbocycles. The molecular formula is C30H52N2O7. The van der Waals surface area contributed by atoms with Crippen molar-refractivity contribution in [1.29, 1.82) is 0 Å². The van der Waals surface area contributed by atoms with Crippen LogP contribution in [0.25, 0.3) is 0 Å². The smallest absolute Gasteiger partial charge is 0.310 e. The molecule has 0 heterocycles. The summed E-state index contributed by atoms with van der Waals surface area (Å²) in [5, 5.41) is 23.1. The number of carboxylic acid groups (broad SMARTS) is 1. The Labute approximate surface area is 234 Å². The average molecular weight is 553 g/mol. The number of carbonyl (C=O) groups excluding carboxylic acids is 1. The first kappa shape index (κ1) is 34.7. The molecule has 0 bridgehead atoms. The van der Waals surface area contributed by atoms with Crippen LogP contribution in [0.3, 0.4) is 0 Å². The van der Waals surface area contributed by atoms with Crippen LogP contribution in [-0.4, -0.2) is 68.2 Å². The van der Waals surface area contributed by atoms with Gasteiger partial charge in [0.1, 0.15) is 0 Å². The summed E-state index contributed by atoms with van der Waals surface area (Å²) >= 11 is 0. The number of carboxylic acids is 1. The molecule has 1 aromatic carbocycles. The normalized spacial score (nSPS) is 15.1. The van der Waals surface area contributed by atoms with Crippen molar-refractivity contribution >= 4 is 11.9 Å². The van der Waals surface area contributed by atoms with E-state index in [2.05, 4.69) is 19.2 Å². The lowest BCUT2D eigenvalue weighted by Crippen LogP contribution is -2.45. The second-order valence-corrected chi connectivity index (χ2v) is 11.8. The molecule has 1 rings (SSSR count). The third kappa shape index (κ3) is 11.7. The van der Waals surface area contributed by atoms with Gasteiger partial charge in [-0.15, -0.1) is 0 Å². The van der Waals surface area contributed by atoms with Crippen molar-refractivity contribution in [1.82, 2.24) is 5.32 Å². The summed E-state index contributed by atoms with van der Waals surface area (Å²) in [6.45, 7) is 12.4. The van der Waals surface area contributed by atoms with Crippen molar-refractivity contribution in [2.75, 3.05) is 34.0 Å². The number of aliphatic carboxylic acids is 1. The molecule has 4 unspecified atom stereocenters. The Balaban J connectivity index is 2.87. The third-order valence-corrected chi connectivity index (χ3v) is 7.41. The Kier molecular flexibility index (Phi) is 14.8. The number of aliphatic hydroxyl groups excluding tert-OH is 1. The van der Waals surface area contributed by atoms with Crippen molar-refractivity contribution in [3.8, 4) is 11.5 Å². The SMILES string of the molecule is COCCCOc1cc(CC(CC(N)C(O)CC(C(=O)NCC(C)(C)C(=O)O)C(C)C)C(C)C)ccc1OC. The van der Waals surface area contributed by atoms with Crippen LogP contribution < -0.4 is 20.5 Å². The number of nitrogens with one attached hydrogen (secondary N) is 1. The number of aliphatic hydroxyl groups is 1. The van der Waals surface area contributed by atoms with E-state index in [1.165, 1.54) is 0 Å². The Morgan fingerprint density at radius 3 is 2.23 bits per heavy atom. The van der Waals surface area contributed by atoms with Crippen LogP contribution >= 0.6 is 0 Å². The van der Waals surface area contributed by atoms with Gasteiger partial charge in [0, 0.05) is 38.6 Å². The van der Waals surface area contributed by atoms with Crippen LogP contribution in [-0.2, 0) is 20.7 Å². The molecule has 0 spiro atoms. The molecule has 1 amide bonds. The van der Waals surface area contributed by atoms with E-state index in [9.17, 15) is 19.8 Å². The molecule has 5 N–H and O–H groups in total. The molecule has 9 nitrogen and oxygen atoms in total. The molecule has 0 aromatic heterocycles. The van der Waals surface area contributed by atoms with Gasteiger partial charge in [0.2, 0.25) is 5.91 Å². The van der Waals surface area contributed by atoms with Gasteiger partial charge in [-0.3, -0.25) is 9.59 Å². The van der Waals surface area contributed by atoms with E-state index in [1.807, 2.05) is 32.0 Å². The Bertz CT molecular complexity index is 888. The van der Waals surface area contributed by atoms with E-state index >= 15 is 0 Å². The van der Waals surface area contributed by atoms with E-state index in [0.717, 1.165) is 18.4 Å². The van der Waals surface area contributed by atoms with E-state index < -0.39 is 29.4 Å². The topological polar surface area (TPSA) is 140 Å². The number of rotatable bonds is 19. The molecule has 0 radical (unpaired) electrons. The first-order valence-corrected chi connectivity index (χ1v) is 14.0. The van der Waals surface area contributed by atoms with Gasteiger partial charge in [0.15, 0.2) is 11.5 Å². The summed E-state index contributed by atoms with van der Waals surface area (Å²) in [7, 11) is 3.28. The number of benzene rings is 1. The van der Waals surface area contributed by atoms with E-state index in [1.54, 1.807) is 28.1 Å². The minimum atomic E-state index is -1.08. The molecule has 9 heteroatoms. The lowest BCUT2D eigenvalue weighted by atomic mass is 9.80. The highest BCUT2D eigenvalue weighted by Crippen LogP contribution is 2.32. The lowest BCUT2D eigenvalue weighted by Gasteiger charge is -2.30. The second kappa shape index (κ2) is 16.7. The predicted octanol–water partition coefficient (Wildman–Crippen LogP) is 3.89. The lowest BCUT2D eigenvalue weighted by molar-refractivity contribution is -0.147. The quantitative estimate of drug-likeness (QED) is 0.190. The van der Waals surface area contributed by atoms with Gasteiger partial charge in [-0.1, -0.05) is 33.8 Å². The van der Waals surface area contributed by atoms with E-state index in [-0.39, 0.29) is 30.7 Å². The maximum atomic E-state index is 12.9. The second-order valence-electron chi connectivity index (χ2n) is 11.8. The van der Waals surface area contributed by atoms with Crippen LogP contribution in [0.15, 0.2) is 18.2 Å². The standard InChI is InChI=1S/C30H52N2O7/c1-19(2)22(14-21-10-11-26(38-8)27(15-21)39-13-9-12-37-7)16-24(31)25(33)17-23(20(3)4)28(34)32-18-30(5,6)29(35)36/h10-11,15,19-20,22-25,33H,9,12-14,16-18,31H2,1-8H3,(H,32,34)(H,35,36). The molecule has 0 saturated carbocycles. The van der Waals surface area contributed by atoms with Gasteiger partial charge in [-0.05, 0) is 68.6 Å².